The van der Waals surface area contributed by atoms with Crippen LogP contribution in [0.5, 0.6) is 11.5 Å². The molecular weight excluding hydrogens is 386 g/mol. The van der Waals surface area contributed by atoms with Gasteiger partial charge in [-0.05, 0) is 55.5 Å². The predicted octanol–water partition coefficient (Wildman–Crippen LogP) is 2.31. The van der Waals surface area contributed by atoms with Crippen LogP contribution in [0, 0.1) is 11.8 Å². The molecule has 2 N–H and O–H groups in total. The van der Waals surface area contributed by atoms with Crippen LogP contribution in [0.15, 0.2) is 28.8 Å². The molecule has 0 unspecified atom stereocenters. The number of hydrogen-bond donors (Lipinski definition) is 2. The van der Waals surface area contributed by atoms with Crippen LogP contribution in [0.25, 0.3) is 0 Å². The van der Waals surface area contributed by atoms with E-state index in [-0.39, 0.29) is 5.91 Å². The second-order valence-corrected chi connectivity index (χ2v) is 7.60. The van der Waals surface area contributed by atoms with E-state index in [1.54, 1.807) is 21.3 Å². The highest BCUT2D eigenvalue weighted by atomic mass is 16.5. The summed E-state index contributed by atoms with van der Waals surface area (Å²) in [6.07, 6.45) is 2.26. The third kappa shape index (κ3) is 5.96. The molecule has 2 heterocycles. The van der Waals surface area contributed by atoms with E-state index in [9.17, 15) is 4.79 Å². The van der Waals surface area contributed by atoms with Gasteiger partial charge in [-0.25, -0.2) is 0 Å². The Kier molecular flexibility index (Phi) is 8.10. The second kappa shape index (κ2) is 11.0. The SMILES string of the molecule is COCc1cc(C[C@H]2CNCC[C@H]2CC(=O)NCc2ccc(OC)c(OC)c2)no1. The van der Waals surface area contributed by atoms with Crippen LogP contribution >= 0.6 is 0 Å². The number of nitrogens with zero attached hydrogens (tertiary/aromatic N) is 1. The number of carbonyl (C=O) groups excluding carboxylic acids is 1. The van der Waals surface area contributed by atoms with Gasteiger partial charge < -0.3 is 29.4 Å². The van der Waals surface area contributed by atoms with Crippen molar-refractivity contribution in [2.24, 2.45) is 11.8 Å². The minimum absolute atomic E-state index is 0.0573. The van der Waals surface area contributed by atoms with Crippen molar-refractivity contribution in [3.05, 3.63) is 41.3 Å². The zero-order chi connectivity index (χ0) is 21.3. The van der Waals surface area contributed by atoms with Gasteiger partial charge in [-0.2, -0.15) is 0 Å². The van der Waals surface area contributed by atoms with Crippen LogP contribution < -0.4 is 20.1 Å². The van der Waals surface area contributed by atoms with Gasteiger partial charge in [0.1, 0.15) is 6.61 Å². The van der Waals surface area contributed by atoms with E-state index in [0.717, 1.165) is 42.9 Å². The molecule has 0 bridgehead atoms. The molecule has 0 aliphatic carbocycles. The number of benzene rings is 1. The minimum atomic E-state index is 0.0573. The van der Waals surface area contributed by atoms with Gasteiger partial charge >= 0.3 is 0 Å². The zero-order valence-corrected chi connectivity index (χ0v) is 17.9. The zero-order valence-electron chi connectivity index (χ0n) is 17.9. The molecule has 1 aliphatic rings. The number of ether oxygens (including phenoxy) is 3. The number of amides is 1. The smallest absolute Gasteiger partial charge is 0.220 e. The highest BCUT2D eigenvalue weighted by Crippen LogP contribution is 2.28. The minimum Gasteiger partial charge on any atom is -0.493 e. The summed E-state index contributed by atoms with van der Waals surface area (Å²) in [5.74, 6) is 2.75. The normalized spacial score (nSPS) is 18.8. The third-order valence-corrected chi connectivity index (χ3v) is 5.52. The Morgan fingerprint density at radius 2 is 2.03 bits per heavy atom. The molecule has 2 aromatic rings. The number of nitrogens with one attached hydrogen (secondary N) is 2. The molecule has 0 saturated carbocycles. The fraction of sp³-hybridized carbons (Fsp3) is 0.545. The number of aromatic nitrogens is 1. The van der Waals surface area contributed by atoms with Crippen LogP contribution in [0.1, 0.15) is 29.9 Å². The summed E-state index contributed by atoms with van der Waals surface area (Å²) < 4.78 is 21.0. The van der Waals surface area contributed by atoms with Crippen LogP contribution in [-0.4, -0.2) is 45.5 Å². The van der Waals surface area contributed by atoms with Crippen molar-refractivity contribution in [2.45, 2.75) is 32.4 Å². The molecular formula is C22H31N3O5. The first-order valence-electron chi connectivity index (χ1n) is 10.2. The van der Waals surface area contributed by atoms with E-state index in [4.69, 9.17) is 18.7 Å². The average Bonchev–Trinajstić information content (AvgIpc) is 3.20. The van der Waals surface area contributed by atoms with Crippen LogP contribution in [-0.2, 0) is 29.1 Å². The molecule has 1 amide bonds. The van der Waals surface area contributed by atoms with Crippen molar-refractivity contribution in [3.8, 4) is 11.5 Å². The monoisotopic (exact) mass is 417 g/mol. The molecule has 1 aromatic heterocycles. The Morgan fingerprint density at radius 3 is 2.80 bits per heavy atom. The van der Waals surface area contributed by atoms with Gasteiger partial charge in [0.15, 0.2) is 17.3 Å². The summed E-state index contributed by atoms with van der Waals surface area (Å²) in [5.41, 5.74) is 1.88. The van der Waals surface area contributed by atoms with E-state index in [2.05, 4.69) is 15.8 Å². The molecule has 0 radical (unpaired) electrons. The lowest BCUT2D eigenvalue weighted by molar-refractivity contribution is -0.122. The van der Waals surface area contributed by atoms with E-state index in [1.165, 1.54) is 0 Å². The van der Waals surface area contributed by atoms with Gasteiger partial charge in [0, 0.05) is 26.1 Å². The van der Waals surface area contributed by atoms with E-state index >= 15 is 0 Å². The maximum Gasteiger partial charge on any atom is 0.220 e. The highest BCUT2D eigenvalue weighted by Gasteiger charge is 2.28. The van der Waals surface area contributed by atoms with Crippen molar-refractivity contribution in [1.29, 1.82) is 0 Å². The van der Waals surface area contributed by atoms with Crippen molar-refractivity contribution in [2.75, 3.05) is 34.4 Å². The molecule has 1 aliphatic heterocycles. The fourth-order valence-corrected chi connectivity index (χ4v) is 3.92. The van der Waals surface area contributed by atoms with Gasteiger partial charge in [0.25, 0.3) is 0 Å². The molecule has 8 nitrogen and oxygen atoms in total. The molecule has 3 rings (SSSR count). The number of hydrogen-bond acceptors (Lipinski definition) is 7. The Morgan fingerprint density at radius 1 is 1.20 bits per heavy atom. The molecule has 164 valence electrons. The summed E-state index contributed by atoms with van der Waals surface area (Å²) in [5, 5.41) is 10.6. The van der Waals surface area contributed by atoms with E-state index in [1.807, 2.05) is 24.3 Å². The van der Waals surface area contributed by atoms with Crippen LogP contribution in [0.4, 0.5) is 0 Å². The van der Waals surface area contributed by atoms with E-state index < -0.39 is 0 Å². The first-order chi connectivity index (χ1) is 14.6. The summed E-state index contributed by atoms with van der Waals surface area (Å²) in [7, 11) is 4.83. The number of methoxy groups -OCH3 is 3. The predicted molar refractivity (Wildman–Crippen MR) is 111 cm³/mol. The molecule has 2 atom stereocenters. The summed E-state index contributed by atoms with van der Waals surface area (Å²) >= 11 is 0. The average molecular weight is 418 g/mol. The van der Waals surface area contributed by atoms with Crippen molar-refractivity contribution in [1.82, 2.24) is 15.8 Å². The van der Waals surface area contributed by atoms with Gasteiger partial charge in [-0.15, -0.1) is 0 Å². The van der Waals surface area contributed by atoms with Crippen molar-refractivity contribution < 1.29 is 23.5 Å². The first kappa shape index (κ1) is 22.1. The highest BCUT2D eigenvalue weighted by molar-refractivity contribution is 5.76. The Labute approximate surface area is 177 Å². The maximum absolute atomic E-state index is 12.6. The maximum atomic E-state index is 12.6. The lowest BCUT2D eigenvalue weighted by Crippen LogP contribution is -2.40. The van der Waals surface area contributed by atoms with Crippen LogP contribution in [0.3, 0.4) is 0 Å². The van der Waals surface area contributed by atoms with E-state index in [0.29, 0.717) is 42.9 Å². The molecule has 30 heavy (non-hydrogen) atoms. The van der Waals surface area contributed by atoms with Crippen molar-refractivity contribution >= 4 is 5.91 Å². The summed E-state index contributed by atoms with van der Waals surface area (Å²) in [6, 6.07) is 7.59. The summed E-state index contributed by atoms with van der Waals surface area (Å²) in [4.78, 5) is 12.6. The second-order valence-electron chi connectivity index (χ2n) is 7.60. The fourth-order valence-electron chi connectivity index (χ4n) is 3.92. The molecule has 1 aromatic carbocycles. The lowest BCUT2D eigenvalue weighted by Gasteiger charge is -2.31. The van der Waals surface area contributed by atoms with Crippen molar-refractivity contribution in [3.63, 3.8) is 0 Å². The van der Waals surface area contributed by atoms with Crippen LogP contribution in [0.2, 0.25) is 0 Å². The molecule has 1 fully saturated rings. The molecule has 8 heteroatoms. The number of piperidine rings is 1. The standard InChI is InChI=1S/C22H31N3O5/c1-27-14-19-11-18(25-30-19)9-17-13-23-7-6-16(17)10-22(26)24-12-15-4-5-20(28-2)21(8-15)29-3/h4-5,8,11,16-17,23H,6-7,9-10,12-14H2,1-3H3,(H,24,26)/t16-,17-/m0/s1. The van der Waals surface area contributed by atoms with Gasteiger partial charge in [-0.1, -0.05) is 11.2 Å². The van der Waals surface area contributed by atoms with Gasteiger partial charge in [-0.3, -0.25) is 4.79 Å². The topological polar surface area (TPSA) is 94.9 Å². The van der Waals surface area contributed by atoms with Gasteiger partial charge in [0.2, 0.25) is 5.91 Å². The lowest BCUT2D eigenvalue weighted by atomic mass is 9.81. The number of carbonyl (C=O) groups is 1. The Hall–Kier alpha value is -2.58. The summed E-state index contributed by atoms with van der Waals surface area (Å²) in [6.45, 7) is 2.67. The largest absolute Gasteiger partial charge is 0.493 e. The third-order valence-electron chi connectivity index (χ3n) is 5.52. The van der Waals surface area contributed by atoms with Gasteiger partial charge in [0.05, 0.1) is 19.9 Å². The quantitative estimate of drug-likeness (QED) is 0.613. The first-order valence-corrected chi connectivity index (χ1v) is 10.2. The molecule has 1 saturated heterocycles. The Balaban J connectivity index is 1.53. The Bertz CT molecular complexity index is 823. The molecule has 0 spiro atoms. The number of rotatable bonds is 10.